The molecule has 1 aliphatic heterocycles. The molecule has 0 radical (unpaired) electrons. The third kappa shape index (κ3) is 3.58. The van der Waals surface area contributed by atoms with Crippen LogP contribution in [0.2, 0.25) is 0 Å². The molecule has 0 fully saturated rings. The molecule has 1 atom stereocenters. The number of carbonyl (C=O) groups is 1. The SMILES string of the molecule is Cc1nn(-c2ccccc2)c(C)c1CN(C)C(C)C(=O)N1CCc2ccccc21. The Hall–Kier alpha value is -2.92. The van der Waals surface area contributed by atoms with Crippen LogP contribution in [0.4, 0.5) is 5.69 Å². The van der Waals surface area contributed by atoms with Gasteiger partial charge in [-0.15, -0.1) is 0 Å². The van der Waals surface area contributed by atoms with Crippen LogP contribution in [0.5, 0.6) is 0 Å². The first kappa shape index (κ1) is 19.4. The number of rotatable bonds is 5. The number of carbonyl (C=O) groups excluding carboxylic acids is 1. The van der Waals surface area contributed by atoms with Gasteiger partial charge in [-0.1, -0.05) is 36.4 Å². The van der Waals surface area contributed by atoms with Gasteiger partial charge in [0, 0.05) is 30.0 Å². The lowest BCUT2D eigenvalue weighted by Gasteiger charge is -2.28. The van der Waals surface area contributed by atoms with Gasteiger partial charge in [-0.25, -0.2) is 4.68 Å². The van der Waals surface area contributed by atoms with Crippen LogP contribution in [0.25, 0.3) is 5.69 Å². The van der Waals surface area contributed by atoms with Crippen LogP contribution in [0.15, 0.2) is 54.6 Å². The zero-order valence-corrected chi connectivity index (χ0v) is 17.6. The van der Waals surface area contributed by atoms with Crippen molar-refractivity contribution < 1.29 is 4.79 Å². The summed E-state index contributed by atoms with van der Waals surface area (Å²) in [5, 5.41) is 4.74. The average Bonchev–Trinajstić information content (AvgIpc) is 3.29. The Labute approximate surface area is 172 Å². The summed E-state index contributed by atoms with van der Waals surface area (Å²) in [6, 6.07) is 18.2. The number of nitrogens with zero attached hydrogens (tertiary/aromatic N) is 4. The summed E-state index contributed by atoms with van der Waals surface area (Å²) in [4.78, 5) is 17.3. The smallest absolute Gasteiger partial charge is 0.244 e. The van der Waals surface area contributed by atoms with Crippen LogP contribution in [0.3, 0.4) is 0 Å². The quantitative estimate of drug-likeness (QED) is 0.666. The molecule has 150 valence electrons. The van der Waals surface area contributed by atoms with Crippen molar-refractivity contribution in [2.45, 2.75) is 39.8 Å². The maximum absolute atomic E-state index is 13.2. The predicted molar refractivity (Wildman–Crippen MR) is 116 cm³/mol. The normalized spacial score (nSPS) is 14.3. The first-order valence-corrected chi connectivity index (χ1v) is 10.2. The van der Waals surface area contributed by atoms with Crippen LogP contribution in [0, 0.1) is 13.8 Å². The number of aromatic nitrogens is 2. The molecule has 0 spiro atoms. The molecule has 4 rings (SSSR count). The van der Waals surface area contributed by atoms with E-state index in [4.69, 9.17) is 5.10 Å². The lowest BCUT2D eigenvalue weighted by Crippen LogP contribution is -2.45. The summed E-state index contributed by atoms with van der Waals surface area (Å²) in [6.07, 6.45) is 0.931. The Balaban J connectivity index is 1.52. The molecule has 0 N–H and O–H groups in total. The van der Waals surface area contributed by atoms with Gasteiger partial charge < -0.3 is 4.90 Å². The maximum Gasteiger partial charge on any atom is 0.244 e. The minimum atomic E-state index is -0.208. The number of hydrogen-bond acceptors (Lipinski definition) is 3. The van der Waals surface area contributed by atoms with Gasteiger partial charge >= 0.3 is 0 Å². The van der Waals surface area contributed by atoms with E-state index in [1.165, 1.54) is 11.1 Å². The first-order valence-electron chi connectivity index (χ1n) is 10.2. The molecule has 5 heteroatoms. The molecule has 2 aromatic carbocycles. The van der Waals surface area contributed by atoms with Crippen molar-refractivity contribution in [1.82, 2.24) is 14.7 Å². The molecule has 0 aliphatic carbocycles. The number of amides is 1. The topological polar surface area (TPSA) is 41.4 Å². The van der Waals surface area contributed by atoms with Crippen molar-refractivity contribution in [3.05, 3.63) is 77.1 Å². The van der Waals surface area contributed by atoms with E-state index in [1.807, 2.05) is 66.9 Å². The lowest BCUT2D eigenvalue weighted by molar-refractivity contribution is -0.122. The number of para-hydroxylation sites is 2. The number of hydrogen-bond donors (Lipinski definition) is 0. The van der Waals surface area contributed by atoms with Crippen molar-refractivity contribution in [1.29, 1.82) is 0 Å². The molecule has 2 heterocycles. The van der Waals surface area contributed by atoms with Gasteiger partial charge in [0.15, 0.2) is 0 Å². The van der Waals surface area contributed by atoms with E-state index in [0.717, 1.165) is 35.7 Å². The van der Waals surface area contributed by atoms with Gasteiger partial charge in [0.25, 0.3) is 0 Å². The summed E-state index contributed by atoms with van der Waals surface area (Å²) in [6.45, 7) is 7.58. The maximum atomic E-state index is 13.2. The molecule has 1 unspecified atom stereocenters. The van der Waals surface area contributed by atoms with Gasteiger partial charge in [0.1, 0.15) is 0 Å². The molecule has 29 heavy (non-hydrogen) atoms. The van der Waals surface area contributed by atoms with Crippen LogP contribution in [-0.4, -0.2) is 40.2 Å². The van der Waals surface area contributed by atoms with E-state index < -0.39 is 0 Å². The highest BCUT2D eigenvalue weighted by Crippen LogP contribution is 2.29. The Morgan fingerprint density at radius 2 is 1.79 bits per heavy atom. The van der Waals surface area contributed by atoms with Gasteiger partial charge in [-0.3, -0.25) is 9.69 Å². The average molecular weight is 389 g/mol. The van der Waals surface area contributed by atoms with Crippen molar-refractivity contribution in [2.75, 3.05) is 18.5 Å². The Morgan fingerprint density at radius 1 is 1.10 bits per heavy atom. The fraction of sp³-hybridized carbons (Fsp3) is 0.333. The highest BCUT2D eigenvalue weighted by atomic mass is 16.2. The van der Waals surface area contributed by atoms with Gasteiger partial charge in [0.05, 0.1) is 17.4 Å². The molecule has 5 nitrogen and oxygen atoms in total. The van der Waals surface area contributed by atoms with E-state index in [-0.39, 0.29) is 11.9 Å². The Kier molecular flexibility index (Phi) is 5.24. The molecule has 3 aromatic rings. The predicted octanol–water partition coefficient (Wildman–Crippen LogP) is 3.90. The van der Waals surface area contributed by atoms with Crippen molar-refractivity contribution >= 4 is 11.6 Å². The van der Waals surface area contributed by atoms with Crippen molar-refractivity contribution in [3.63, 3.8) is 0 Å². The van der Waals surface area contributed by atoms with Crippen LogP contribution >= 0.6 is 0 Å². The van der Waals surface area contributed by atoms with Gasteiger partial charge in [0.2, 0.25) is 5.91 Å². The van der Waals surface area contributed by atoms with Crippen LogP contribution in [-0.2, 0) is 17.8 Å². The first-order chi connectivity index (χ1) is 14.0. The van der Waals surface area contributed by atoms with Crippen molar-refractivity contribution in [3.8, 4) is 5.69 Å². The Morgan fingerprint density at radius 3 is 2.55 bits per heavy atom. The highest BCUT2D eigenvalue weighted by Gasteiger charge is 2.30. The van der Waals surface area contributed by atoms with Crippen LogP contribution < -0.4 is 4.90 Å². The number of fused-ring (bicyclic) bond motifs is 1. The molecule has 1 aliphatic rings. The number of benzene rings is 2. The fourth-order valence-electron chi connectivity index (χ4n) is 4.09. The molecular formula is C24H28N4O. The zero-order chi connectivity index (χ0) is 20.5. The van der Waals surface area contributed by atoms with Crippen molar-refractivity contribution in [2.24, 2.45) is 0 Å². The minimum Gasteiger partial charge on any atom is -0.310 e. The second-order valence-electron chi connectivity index (χ2n) is 7.86. The molecular weight excluding hydrogens is 360 g/mol. The number of anilines is 1. The zero-order valence-electron chi connectivity index (χ0n) is 17.6. The fourth-order valence-corrected chi connectivity index (χ4v) is 4.09. The van der Waals surface area contributed by atoms with E-state index >= 15 is 0 Å². The summed E-state index contributed by atoms with van der Waals surface area (Å²) < 4.78 is 1.99. The van der Waals surface area contributed by atoms with E-state index in [2.05, 4.69) is 30.0 Å². The number of likely N-dealkylation sites (N-methyl/N-ethyl adjacent to an activating group) is 1. The molecule has 1 aromatic heterocycles. The monoisotopic (exact) mass is 388 g/mol. The lowest BCUT2D eigenvalue weighted by atomic mass is 10.1. The molecule has 0 saturated heterocycles. The molecule has 0 saturated carbocycles. The third-order valence-electron chi connectivity index (χ3n) is 6.02. The summed E-state index contributed by atoms with van der Waals surface area (Å²) in [7, 11) is 2.02. The standard InChI is InChI=1S/C24H28N4O/c1-17-22(18(2)28(25-17)21-11-6-5-7-12-21)16-26(4)19(3)24(29)27-15-14-20-10-8-9-13-23(20)27/h5-13,19H,14-16H2,1-4H3. The van der Waals surface area contributed by atoms with Crippen LogP contribution in [0.1, 0.15) is 29.4 Å². The van der Waals surface area contributed by atoms with Gasteiger partial charge in [-0.05, 0) is 58.0 Å². The largest absolute Gasteiger partial charge is 0.310 e. The second kappa shape index (κ2) is 7.84. The van der Waals surface area contributed by atoms with E-state index in [0.29, 0.717) is 6.54 Å². The van der Waals surface area contributed by atoms with Gasteiger partial charge in [-0.2, -0.15) is 5.10 Å². The molecule has 1 amide bonds. The summed E-state index contributed by atoms with van der Waals surface area (Å²) in [5.74, 6) is 0.156. The molecule has 0 bridgehead atoms. The van der Waals surface area contributed by atoms with E-state index in [1.54, 1.807) is 0 Å². The Bertz CT molecular complexity index is 1020. The highest BCUT2D eigenvalue weighted by molar-refractivity contribution is 5.98. The minimum absolute atomic E-state index is 0.156. The second-order valence-corrected chi connectivity index (χ2v) is 7.86. The third-order valence-corrected chi connectivity index (χ3v) is 6.02. The summed E-state index contributed by atoms with van der Waals surface area (Å²) >= 11 is 0. The summed E-state index contributed by atoms with van der Waals surface area (Å²) in [5.41, 5.74) is 6.67. The van der Waals surface area contributed by atoms with E-state index in [9.17, 15) is 4.79 Å². The number of aryl methyl sites for hydroxylation is 1.